The molecule has 7 heteroatoms. The van der Waals surface area contributed by atoms with Gasteiger partial charge in [0.25, 0.3) is 0 Å². The molecule has 1 aromatic carbocycles. The third-order valence-corrected chi connectivity index (χ3v) is 4.77. The lowest BCUT2D eigenvalue weighted by Gasteiger charge is -2.10. The Balaban J connectivity index is 1.61. The van der Waals surface area contributed by atoms with E-state index < -0.39 is 0 Å². The van der Waals surface area contributed by atoms with Gasteiger partial charge in [0.1, 0.15) is 11.5 Å². The number of hydrogen-bond acceptors (Lipinski definition) is 6. The lowest BCUT2D eigenvalue weighted by atomic mass is 10.1. The number of benzene rings is 1. The average Bonchev–Trinajstić information content (AvgIpc) is 3.30. The molecule has 132 valence electrons. The largest absolute Gasteiger partial charge is 0.411 e. The second-order valence-electron chi connectivity index (χ2n) is 6.37. The number of aromatic nitrogens is 4. The molecule has 1 aliphatic rings. The van der Waals surface area contributed by atoms with Gasteiger partial charge >= 0.3 is 0 Å². The molecule has 27 heavy (non-hydrogen) atoms. The van der Waals surface area contributed by atoms with Gasteiger partial charge in [0.05, 0.1) is 17.6 Å². The molecule has 0 spiro atoms. The van der Waals surface area contributed by atoms with Crippen LogP contribution in [-0.4, -0.2) is 30.3 Å². The van der Waals surface area contributed by atoms with Crippen LogP contribution in [0.3, 0.4) is 0 Å². The lowest BCUT2D eigenvalue weighted by molar-refractivity contribution is 0.318. The smallest absolute Gasteiger partial charge is 0.157 e. The van der Waals surface area contributed by atoms with E-state index in [9.17, 15) is 0 Å². The summed E-state index contributed by atoms with van der Waals surface area (Å²) in [5.41, 5.74) is 6.17. The van der Waals surface area contributed by atoms with Gasteiger partial charge in [-0.15, -0.1) is 0 Å². The van der Waals surface area contributed by atoms with Crippen molar-refractivity contribution in [2.24, 2.45) is 5.16 Å². The number of aryl methyl sites for hydroxylation is 1. The third kappa shape index (κ3) is 2.60. The Kier molecular flexibility index (Phi) is 3.57. The molecular weight excluding hydrogens is 340 g/mol. The van der Waals surface area contributed by atoms with E-state index in [1.807, 2.05) is 40.9 Å². The number of nitrogens with one attached hydrogen (secondary N) is 1. The fourth-order valence-electron chi connectivity index (χ4n) is 3.50. The first kappa shape index (κ1) is 15.5. The SMILES string of the molecule is O/N=C1\CCc2cc(Nc3c(-c4ccccn4)nc4cnccn34)ccc21. The average molecular weight is 356 g/mol. The highest BCUT2D eigenvalue weighted by Crippen LogP contribution is 2.32. The van der Waals surface area contributed by atoms with Crippen molar-refractivity contribution in [3.63, 3.8) is 0 Å². The van der Waals surface area contributed by atoms with Gasteiger partial charge in [-0.05, 0) is 42.7 Å². The minimum Gasteiger partial charge on any atom is -0.411 e. The van der Waals surface area contributed by atoms with E-state index in [0.717, 1.165) is 52.7 Å². The molecule has 2 N–H and O–H groups in total. The summed E-state index contributed by atoms with van der Waals surface area (Å²) in [6, 6.07) is 11.8. The maximum atomic E-state index is 9.12. The molecule has 0 aliphatic heterocycles. The van der Waals surface area contributed by atoms with Crippen LogP contribution >= 0.6 is 0 Å². The summed E-state index contributed by atoms with van der Waals surface area (Å²) in [5, 5.41) is 16.0. The number of pyridine rings is 1. The number of oxime groups is 1. The predicted octanol–water partition coefficient (Wildman–Crippen LogP) is 3.66. The van der Waals surface area contributed by atoms with Crippen molar-refractivity contribution in [3.05, 3.63) is 72.3 Å². The van der Waals surface area contributed by atoms with Crippen LogP contribution in [0.1, 0.15) is 17.5 Å². The third-order valence-electron chi connectivity index (χ3n) is 4.77. The van der Waals surface area contributed by atoms with Gasteiger partial charge in [-0.2, -0.15) is 0 Å². The van der Waals surface area contributed by atoms with Gasteiger partial charge in [0.2, 0.25) is 0 Å². The zero-order valence-electron chi connectivity index (χ0n) is 14.4. The van der Waals surface area contributed by atoms with Crippen molar-refractivity contribution in [1.82, 2.24) is 19.4 Å². The van der Waals surface area contributed by atoms with Crippen LogP contribution in [0.15, 0.2) is 66.3 Å². The molecular formula is C20H16N6O. The van der Waals surface area contributed by atoms with E-state index in [1.54, 1.807) is 18.6 Å². The summed E-state index contributed by atoms with van der Waals surface area (Å²) in [6.07, 6.45) is 8.72. The topological polar surface area (TPSA) is 87.7 Å². The number of rotatable bonds is 3. The van der Waals surface area contributed by atoms with Crippen molar-refractivity contribution < 1.29 is 5.21 Å². The van der Waals surface area contributed by atoms with E-state index in [0.29, 0.717) is 0 Å². The molecule has 0 bridgehead atoms. The normalized spacial score (nSPS) is 14.6. The molecule has 0 radical (unpaired) electrons. The van der Waals surface area contributed by atoms with Gasteiger partial charge in [-0.25, -0.2) is 4.98 Å². The molecule has 0 saturated carbocycles. The van der Waals surface area contributed by atoms with Crippen molar-refractivity contribution in [3.8, 4) is 11.4 Å². The van der Waals surface area contributed by atoms with Crippen LogP contribution in [0.2, 0.25) is 0 Å². The standard InChI is InChI=1S/C20H16N6O/c27-25-16-7-4-13-11-14(5-6-15(13)16)23-20-19(17-3-1-2-8-22-17)24-18-12-21-9-10-26(18)20/h1-3,5-6,8-12,23,27H,4,7H2/b25-16+. The summed E-state index contributed by atoms with van der Waals surface area (Å²) in [6.45, 7) is 0. The molecule has 3 heterocycles. The Bertz CT molecular complexity index is 1170. The van der Waals surface area contributed by atoms with E-state index in [-0.39, 0.29) is 0 Å². The first-order valence-corrected chi connectivity index (χ1v) is 8.68. The second-order valence-corrected chi connectivity index (χ2v) is 6.37. The number of hydrogen-bond donors (Lipinski definition) is 2. The zero-order chi connectivity index (χ0) is 18.2. The highest BCUT2D eigenvalue weighted by molar-refractivity contribution is 6.04. The Morgan fingerprint density at radius 3 is 2.93 bits per heavy atom. The number of fused-ring (bicyclic) bond motifs is 2. The van der Waals surface area contributed by atoms with Gasteiger partial charge in [-0.3, -0.25) is 14.4 Å². The second kappa shape index (κ2) is 6.21. The number of nitrogens with zero attached hydrogens (tertiary/aromatic N) is 5. The van der Waals surface area contributed by atoms with Crippen LogP contribution in [0, 0.1) is 0 Å². The summed E-state index contributed by atoms with van der Waals surface area (Å²) in [7, 11) is 0. The summed E-state index contributed by atoms with van der Waals surface area (Å²) >= 11 is 0. The first-order valence-electron chi connectivity index (χ1n) is 8.68. The molecule has 1 aliphatic carbocycles. The van der Waals surface area contributed by atoms with Crippen molar-refractivity contribution >= 4 is 22.9 Å². The molecule has 5 rings (SSSR count). The monoisotopic (exact) mass is 356 g/mol. The van der Waals surface area contributed by atoms with Gasteiger partial charge in [0, 0.05) is 29.8 Å². The highest BCUT2D eigenvalue weighted by atomic mass is 16.4. The molecule has 3 aromatic heterocycles. The molecule has 7 nitrogen and oxygen atoms in total. The van der Waals surface area contributed by atoms with Crippen LogP contribution in [0.4, 0.5) is 11.5 Å². The van der Waals surface area contributed by atoms with Crippen LogP contribution in [0.5, 0.6) is 0 Å². The van der Waals surface area contributed by atoms with Crippen molar-refractivity contribution in [2.45, 2.75) is 12.8 Å². The fraction of sp³-hybridized carbons (Fsp3) is 0.100. The lowest BCUT2D eigenvalue weighted by Crippen LogP contribution is -1.99. The zero-order valence-corrected chi connectivity index (χ0v) is 14.4. The Labute approximate surface area is 155 Å². The van der Waals surface area contributed by atoms with E-state index in [1.165, 1.54) is 5.56 Å². The summed E-state index contributed by atoms with van der Waals surface area (Å²) in [5.74, 6) is 0.833. The predicted molar refractivity (Wildman–Crippen MR) is 103 cm³/mol. The molecule has 0 atom stereocenters. The van der Waals surface area contributed by atoms with E-state index >= 15 is 0 Å². The molecule has 4 aromatic rings. The number of anilines is 2. The minimum absolute atomic E-state index is 0.742. The van der Waals surface area contributed by atoms with Gasteiger partial charge in [-0.1, -0.05) is 17.3 Å². The Morgan fingerprint density at radius 1 is 1.11 bits per heavy atom. The summed E-state index contributed by atoms with van der Waals surface area (Å²) in [4.78, 5) is 13.3. The minimum atomic E-state index is 0.742. The quantitative estimate of drug-likeness (QED) is 0.432. The number of imidazole rings is 1. The van der Waals surface area contributed by atoms with Crippen molar-refractivity contribution in [2.75, 3.05) is 5.32 Å². The molecule has 0 unspecified atom stereocenters. The Hall–Kier alpha value is -3.74. The molecule has 0 amide bonds. The van der Waals surface area contributed by atoms with Crippen LogP contribution in [0.25, 0.3) is 17.0 Å². The molecule has 0 fully saturated rings. The van der Waals surface area contributed by atoms with Crippen LogP contribution < -0.4 is 5.32 Å². The van der Waals surface area contributed by atoms with E-state index in [4.69, 9.17) is 10.2 Å². The first-order chi connectivity index (χ1) is 13.3. The van der Waals surface area contributed by atoms with Crippen LogP contribution in [-0.2, 0) is 6.42 Å². The Morgan fingerprint density at radius 2 is 2.07 bits per heavy atom. The van der Waals surface area contributed by atoms with E-state index in [2.05, 4.69) is 26.5 Å². The van der Waals surface area contributed by atoms with Gasteiger partial charge in [0.15, 0.2) is 5.65 Å². The molecule has 0 saturated heterocycles. The summed E-state index contributed by atoms with van der Waals surface area (Å²) < 4.78 is 1.96. The highest BCUT2D eigenvalue weighted by Gasteiger charge is 2.20. The maximum absolute atomic E-state index is 9.12. The van der Waals surface area contributed by atoms with Crippen molar-refractivity contribution in [1.29, 1.82) is 0 Å². The maximum Gasteiger partial charge on any atom is 0.157 e. The fourth-order valence-corrected chi connectivity index (χ4v) is 3.50. The van der Waals surface area contributed by atoms with Gasteiger partial charge < -0.3 is 10.5 Å².